The molecule has 6 nitrogen and oxygen atoms in total. The molecule has 0 aliphatic rings. The van der Waals surface area contributed by atoms with Crippen LogP contribution in [0.2, 0.25) is 0 Å². The van der Waals surface area contributed by atoms with E-state index in [1.54, 1.807) is 0 Å². The minimum Gasteiger partial charge on any atom is -0.350 e. The zero-order chi connectivity index (χ0) is 13.5. The summed E-state index contributed by atoms with van der Waals surface area (Å²) in [6.45, 7) is 5.75. The van der Waals surface area contributed by atoms with E-state index in [4.69, 9.17) is 5.73 Å². The number of nitrogens with two attached hydrogens (primary N) is 1. The van der Waals surface area contributed by atoms with Crippen molar-refractivity contribution in [3.05, 3.63) is 0 Å². The summed E-state index contributed by atoms with van der Waals surface area (Å²) < 4.78 is 25.1. The van der Waals surface area contributed by atoms with Gasteiger partial charge in [0.05, 0.1) is 12.3 Å². The van der Waals surface area contributed by atoms with Gasteiger partial charge in [0.15, 0.2) is 0 Å². The Morgan fingerprint density at radius 2 is 1.82 bits per heavy atom. The van der Waals surface area contributed by atoms with E-state index in [-0.39, 0.29) is 23.7 Å². The molecule has 0 aliphatic carbocycles. The van der Waals surface area contributed by atoms with Gasteiger partial charge in [0, 0.05) is 5.54 Å². The molecule has 7 heteroatoms. The minimum atomic E-state index is -3.37. The Kier molecular flexibility index (Phi) is 6.66. The van der Waals surface area contributed by atoms with Gasteiger partial charge in [-0.1, -0.05) is 0 Å². The van der Waals surface area contributed by atoms with E-state index in [9.17, 15) is 13.2 Å². The molecule has 0 aliphatic heterocycles. The highest BCUT2D eigenvalue weighted by Gasteiger charge is 2.16. The van der Waals surface area contributed by atoms with Crippen LogP contribution in [0.4, 0.5) is 0 Å². The molecule has 0 atom stereocenters. The number of carbonyl (C=O) groups is 1. The van der Waals surface area contributed by atoms with E-state index in [0.29, 0.717) is 19.4 Å². The number of sulfonamides is 1. The van der Waals surface area contributed by atoms with E-state index < -0.39 is 10.0 Å². The second kappa shape index (κ2) is 6.93. The lowest BCUT2D eigenvalue weighted by Gasteiger charge is -2.20. The van der Waals surface area contributed by atoms with Crippen LogP contribution in [0.1, 0.15) is 33.6 Å². The van der Waals surface area contributed by atoms with Crippen LogP contribution >= 0.6 is 0 Å². The number of hydrogen-bond donors (Lipinski definition) is 3. The average molecular weight is 265 g/mol. The molecule has 102 valence electrons. The first kappa shape index (κ1) is 16.3. The second-order valence-electron chi connectivity index (χ2n) is 4.93. The molecule has 0 radical (unpaired) electrons. The van der Waals surface area contributed by atoms with Gasteiger partial charge >= 0.3 is 0 Å². The van der Waals surface area contributed by atoms with Crippen molar-refractivity contribution in [1.29, 1.82) is 0 Å². The Bertz CT molecular complexity index is 333. The summed E-state index contributed by atoms with van der Waals surface area (Å²) in [4.78, 5) is 11.4. The maximum absolute atomic E-state index is 11.4. The van der Waals surface area contributed by atoms with Gasteiger partial charge in [0.25, 0.3) is 0 Å². The molecule has 0 saturated carbocycles. The van der Waals surface area contributed by atoms with Crippen LogP contribution in [0.5, 0.6) is 0 Å². The van der Waals surface area contributed by atoms with Crippen LogP contribution in [0, 0.1) is 0 Å². The van der Waals surface area contributed by atoms with E-state index >= 15 is 0 Å². The Morgan fingerprint density at radius 3 is 2.29 bits per heavy atom. The third kappa shape index (κ3) is 10.2. The molecule has 4 N–H and O–H groups in total. The number of unbranched alkanes of at least 4 members (excludes halogenated alkanes) is 1. The highest BCUT2D eigenvalue weighted by atomic mass is 32.2. The minimum absolute atomic E-state index is 0.00694. The summed E-state index contributed by atoms with van der Waals surface area (Å²) in [6.07, 6.45) is 1.17. The van der Waals surface area contributed by atoms with Crippen molar-refractivity contribution in [2.45, 2.75) is 39.2 Å². The lowest BCUT2D eigenvalue weighted by molar-refractivity contribution is -0.121. The molecule has 0 bridgehead atoms. The lowest BCUT2D eigenvalue weighted by atomic mass is 10.1. The summed E-state index contributed by atoms with van der Waals surface area (Å²) in [6, 6.07) is 0. The van der Waals surface area contributed by atoms with Crippen molar-refractivity contribution in [2.75, 3.05) is 18.8 Å². The maximum Gasteiger partial charge on any atom is 0.235 e. The summed E-state index contributed by atoms with van der Waals surface area (Å²) >= 11 is 0. The van der Waals surface area contributed by atoms with E-state index in [0.717, 1.165) is 0 Å². The number of rotatable bonds is 7. The first-order valence-electron chi connectivity index (χ1n) is 5.65. The number of amides is 1. The maximum atomic E-state index is 11.4. The molecule has 0 unspecified atom stereocenters. The zero-order valence-corrected chi connectivity index (χ0v) is 11.6. The van der Waals surface area contributed by atoms with E-state index in [1.165, 1.54) is 0 Å². The predicted molar refractivity (Wildman–Crippen MR) is 68.0 cm³/mol. The van der Waals surface area contributed by atoms with E-state index in [1.807, 2.05) is 20.8 Å². The fourth-order valence-electron chi connectivity index (χ4n) is 1.15. The van der Waals surface area contributed by atoms with E-state index in [2.05, 4.69) is 10.0 Å². The predicted octanol–water partition coefficient (Wildman–Crippen LogP) is -0.441. The highest BCUT2D eigenvalue weighted by molar-refractivity contribution is 7.89. The Hall–Kier alpha value is -0.660. The number of nitrogens with one attached hydrogen (secondary N) is 2. The molecule has 0 saturated heterocycles. The van der Waals surface area contributed by atoms with Crippen molar-refractivity contribution >= 4 is 15.9 Å². The van der Waals surface area contributed by atoms with Crippen LogP contribution in [-0.2, 0) is 14.8 Å². The van der Waals surface area contributed by atoms with Crippen LogP contribution in [0.25, 0.3) is 0 Å². The van der Waals surface area contributed by atoms with Gasteiger partial charge in [-0.05, 0) is 40.2 Å². The number of carbonyl (C=O) groups excluding carboxylic acids is 1. The van der Waals surface area contributed by atoms with Crippen molar-refractivity contribution < 1.29 is 13.2 Å². The van der Waals surface area contributed by atoms with Crippen molar-refractivity contribution in [3.63, 3.8) is 0 Å². The van der Waals surface area contributed by atoms with Gasteiger partial charge in [-0.25, -0.2) is 13.1 Å². The Morgan fingerprint density at radius 1 is 1.24 bits per heavy atom. The second-order valence-corrected chi connectivity index (χ2v) is 6.86. The zero-order valence-electron chi connectivity index (χ0n) is 10.7. The Balaban J connectivity index is 3.97. The quantitative estimate of drug-likeness (QED) is 0.543. The largest absolute Gasteiger partial charge is 0.350 e. The van der Waals surface area contributed by atoms with Crippen molar-refractivity contribution in [3.8, 4) is 0 Å². The molecule has 17 heavy (non-hydrogen) atoms. The van der Waals surface area contributed by atoms with Crippen molar-refractivity contribution in [2.24, 2.45) is 5.73 Å². The van der Waals surface area contributed by atoms with Gasteiger partial charge in [-0.15, -0.1) is 0 Å². The monoisotopic (exact) mass is 265 g/mol. The molecule has 0 aromatic heterocycles. The molecule has 0 heterocycles. The molecule has 0 aromatic rings. The van der Waals surface area contributed by atoms with Crippen LogP contribution in [-0.4, -0.2) is 38.7 Å². The van der Waals surface area contributed by atoms with Gasteiger partial charge in [-0.3, -0.25) is 4.79 Å². The van der Waals surface area contributed by atoms with Crippen LogP contribution in [0.15, 0.2) is 0 Å². The van der Waals surface area contributed by atoms with Gasteiger partial charge in [0.2, 0.25) is 15.9 Å². The molecule has 0 spiro atoms. The Labute approximate surface area is 103 Å². The number of hydrogen-bond acceptors (Lipinski definition) is 4. The van der Waals surface area contributed by atoms with Crippen LogP contribution < -0.4 is 15.8 Å². The SMILES string of the molecule is CC(C)(C)NC(=O)CNS(=O)(=O)CCCCN. The highest BCUT2D eigenvalue weighted by Crippen LogP contribution is 1.98. The molecular weight excluding hydrogens is 242 g/mol. The average Bonchev–Trinajstić information content (AvgIpc) is 2.13. The molecule has 0 fully saturated rings. The third-order valence-electron chi connectivity index (χ3n) is 1.83. The normalized spacial score (nSPS) is 12.5. The molecular formula is C10H23N3O3S. The van der Waals surface area contributed by atoms with Crippen LogP contribution in [0.3, 0.4) is 0 Å². The van der Waals surface area contributed by atoms with Crippen molar-refractivity contribution in [1.82, 2.24) is 10.0 Å². The van der Waals surface area contributed by atoms with Gasteiger partial charge < -0.3 is 11.1 Å². The summed E-state index contributed by atoms with van der Waals surface area (Å²) in [5.41, 5.74) is 4.91. The fraction of sp³-hybridized carbons (Fsp3) is 0.900. The van der Waals surface area contributed by atoms with Gasteiger partial charge in [-0.2, -0.15) is 0 Å². The standard InChI is InChI=1S/C10H23N3O3S/c1-10(2,3)13-9(14)8-12-17(15,16)7-5-4-6-11/h12H,4-8,11H2,1-3H3,(H,13,14). The first-order chi connectivity index (χ1) is 7.66. The third-order valence-corrected chi connectivity index (χ3v) is 3.24. The van der Waals surface area contributed by atoms with Gasteiger partial charge in [0.1, 0.15) is 0 Å². The molecule has 0 rings (SSSR count). The summed E-state index contributed by atoms with van der Waals surface area (Å²) in [7, 11) is -3.37. The first-order valence-corrected chi connectivity index (χ1v) is 7.30. The molecule has 0 aromatic carbocycles. The summed E-state index contributed by atoms with van der Waals surface area (Å²) in [5, 5.41) is 2.67. The topological polar surface area (TPSA) is 101 Å². The fourth-order valence-corrected chi connectivity index (χ4v) is 2.23. The smallest absolute Gasteiger partial charge is 0.235 e. The summed E-state index contributed by atoms with van der Waals surface area (Å²) in [5.74, 6) is -0.326. The lowest BCUT2D eigenvalue weighted by Crippen LogP contribution is -2.46. The molecule has 1 amide bonds.